The minimum atomic E-state index is -4.15. The lowest BCUT2D eigenvalue weighted by molar-refractivity contribution is -0.143. The molecule has 0 aromatic heterocycles. The van der Waals surface area contributed by atoms with Crippen LogP contribution in [0, 0.1) is 0 Å². The number of ether oxygens (including phenoxy) is 1. The molecule has 0 aliphatic carbocycles. The van der Waals surface area contributed by atoms with E-state index < -0.39 is 12.7 Å². The van der Waals surface area contributed by atoms with Crippen LogP contribution in [-0.4, -0.2) is 56.9 Å². The Morgan fingerprint density at radius 1 is 1.33 bits per heavy atom. The SMILES string of the molecule is CN=C(NCc1ccc(OC)cc1)NC1CCN(CC(F)(F)F)C1. The molecule has 0 radical (unpaired) electrons. The van der Waals surface area contributed by atoms with Gasteiger partial charge < -0.3 is 15.4 Å². The van der Waals surface area contributed by atoms with Gasteiger partial charge in [-0.2, -0.15) is 13.2 Å². The molecule has 2 rings (SSSR count). The van der Waals surface area contributed by atoms with Crippen molar-refractivity contribution in [3.8, 4) is 5.75 Å². The third kappa shape index (κ3) is 5.92. The van der Waals surface area contributed by atoms with Crippen molar-refractivity contribution in [2.75, 3.05) is 33.8 Å². The number of rotatable bonds is 5. The summed E-state index contributed by atoms with van der Waals surface area (Å²) >= 11 is 0. The summed E-state index contributed by atoms with van der Waals surface area (Å²) in [6.07, 6.45) is -3.48. The molecule has 1 aliphatic heterocycles. The second-order valence-corrected chi connectivity index (χ2v) is 5.75. The number of alkyl halides is 3. The topological polar surface area (TPSA) is 48.9 Å². The van der Waals surface area contributed by atoms with Crippen LogP contribution in [0.4, 0.5) is 13.2 Å². The summed E-state index contributed by atoms with van der Waals surface area (Å²) < 4.78 is 42.4. The minimum Gasteiger partial charge on any atom is -0.497 e. The molecule has 2 N–H and O–H groups in total. The maximum Gasteiger partial charge on any atom is 0.401 e. The van der Waals surface area contributed by atoms with E-state index in [1.165, 1.54) is 4.90 Å². The van der Waals surface area contributed by atoms with E-state index in [0.29, 0.717) is 32.0 Å². The zero-order chi connectivity index (χ0) is 17.6. The monoisotopic (exact) mass is 344 g/mol. The average Bonchev–Trinajstić information content (AvgIpc) is 2.96. The number of halogens is 3. The van der Waals surface area contributed by atoms with Crippen molar-refractivity contribution < 1.29 is 17.9 Å². The van der Waals surface area contributed by atoms with E-state index in [9.17, 15) is 13.2 Å². The van der Waals surface area contributed by atoms with Crippen LogP contribution >= 0.6 is 0 Å². The van der Waals surface area contributed by atoms with Crippen LogP contribution in [0.5, 0.6) is 5.75 Å². The van der Waals surface area contributed by atoms with E-state index in [4.69, 9.17) is 4.74 Å². The Kier molecular flexibility index (Phi) is 6.30. The van der Waals surface area contributed by atoms with Gasteiger partial charge in [0.1, 0.15) is 5.75 Å². The highest BCUT2D eigenvalue weighted by molar-refractivity contribution is 5.80. The van der Waals surface area contributed by atoms with E-state index in [1.807, 2.05) is 24.3 Å². The van der Waals surface area contributed by atoms with Gasteiger partial charge in [0.2, 0.25) is 0 Å². The molecular weight excluding hydrogens is 321 g/mol. The highest BCUT2D eigenvalue weighted by Crippen LogP contribution is 2.19. The van der Waals surface area contributed by atoms with Crippen molar-refractivity contribution in [1.82, 2.24) is 15.5 Å². The first-order valence-corrected chi connectivity index (χ1v) is 7.79. The zero-order valence-electron chi connectivity index (χ0n) is 13.9. The number of nitrogens with one attached hydrogen (secondary N) is 2. The molecule has 1 heterocycles. The predicted molar refractivity (Wildman–Crippen MR) is 87.2 cm³/mol. The van der Waals surface area contributed by atoms with Crippen LogP contribution in [-0.2, 0) is 6.54 Å². The van der Waals surface area contributed by atoms with Crippen LogP contribution in [0.15, 0.2) is 29.3 Å². The molecule has 1 aromatic carbocycles. The molecule has 0 amide bonds. The van der Waals surface area contributed by atoms with Crippen LogP contribution in [0.1, 0.15) is 12.0 Å². The first-order chi connectivity index (χ1) is 11.4. The van der Waals surface area contributed by atoms with Crippen molar-refractivity contribution in [2.45, 2.75) is 25.2 Å². The molecule has 1 unspecified atom stereocenters. The van der Waals surface area contributed by atoms with E-state index in [-0.39, 0.29) is 6.04 Å². The Balaban J connectivity index is 1.78. The standard InChI is InChI=1S/C16H23F3N4O/c1-20-15(21-9-12-3-5-14(24-2)6-4-12)22-13-7-8-23(10-13)11-16(17,18)19/h3-6,13H,7-11H2,1-2H3,(H2,20,21,22). The summed E-state index contributed by atoms with van der Waals surface area (Å²) in [6.45, 7) is 0.515. The van der Waals surface area contributed by atoms with Gasteiger partial charge in [-0.25, -0.2) is 0 Å². The molecular formula is C16H23F3N4O. The van der Waals surface area contributed by atoms with E-state index in [1.54, 1.807) is 14.2 Å². The molecule has 1 aromatic rings. The first-order valence-electron chi connectivity index (χ1n) is 7.79. The minimum absolute atomic E-state index is 0.0329. The van der Waals surface area contributed by atoms with Gasteiger partial charge in [0.15, 0.2) is 5.96 Å². The van der Waals surface area contributed by atoms with Crippen molar-refractivity contribution in [3.63, 3.8) is 0 Å². The molecule has 0 saturated carbocycles. The fraction of sp³-hybridized carbons (Fsp3) is 0.562. The zero-order valence-corrected chi connectivity index (χ0v) is 13.9. The van der Waals surface area contributed by atoms with Crippen LogP contribution in [0.2, 0.25) is 0 Å². The number of hydrogen-bond donors (Lipinski definition) is 2. The summed E-state index contributed by atoms with van der Waals surface area (Å²) in [5.74, 6) is 1.38. The fourth-order valence-corrected chi connectivity index (χ4v) is 2.66. The molecule has 0 spiro atoms. The van der Waals surface area contributed by atoms with Crippen molar-refractivity contribution in [2.24, 2.45) is 4.99 Å². The van der Waals surface area contributed by atoms with E-state index in [0.717, 1.165) is 11.3 Å². The quantitative estimate of drug-likeness (QED) is 0.634. The number of nitrogens with zero attached hydrogens (tertiary/aromatic N) is 2. The van der Waals surface area contributed by atoms with Crippen molar-refractivity contribution >= 4 is 5.96 Å². The van der Waals surface area contributed by atoms with Gasteiger partial charge in [-0.3, -0.25) is 9.89 Å². The molecule has 0 bridgehead atoms. The molecule has 1 aliphatic rings. The van der Waals surface area contributed by atoms with Crippen LogP contribution < -0.4 is 15.4 Å². The lowest BCUT2D eigenvalue weighted by Crippen LogP contribution is -2.44. The van der Waals surface area contributed by atoms with E-state index in [2.05, 4.69) is 15.6 Å². The molecule has 1 fully saturated rings. The predicted octanol–water partition coefficient (Wildman–Crippen LogP) is 2.00. The van der Waals surface area contributed by atoms with Crippen molar-refractivity contribution in [3.05, 3.63) is 29.8 Å². The van der Waals surface area contributed by atoms with Gasteiger partial charge in [0.05, 0.1) is 13.7 Å². The second-order valence-electron chi connectivity index (χ2n) is 5.75. The fourth-order valence-electron chi connectivity index (χ4n) is 2.66. The van der Waals surface area contributed by atoms with Gasteiger partial charge in [-0.1, -0.05) is 12.1 Å². The lowest BCUT2D eigenvalue weighted by atomic mass is 10.2. The molecule has 5 nitrogen and oxygen atoms in total. The number of benzene rings is 1. The average molecular weight is 344 g/mol. The maximum absolute atomic E-state index is 12.4. The number of likely N-dealkylation sites (tertiary alicyclic amines) is 1. The van der Waals surface area contributed by atoms with Gasteiger partial charge in [-0.05, 0) is 24.1 Å². The summed E-state index contributed by atoms with van der Waals surface area (Å²) in [5, 5.41) is 6.35. The van der Waals surface area contributed by atoms with Gasteiger partial charge in [0, 0.05) is 32.7 Å². The number of guanidine groups is 1. The van der Waals surface area contributed by atoms with Gasteiger partial charge >= 0.3 is 6.18 Å². The normalized spacial score (nSPS) is 19.4. The largest absolute Gasteiger partial charge is 0.497 e. The number of hydrogen-bond acceptors (Lipinski definition) is 3. The van der Waals surface area contributed by atoms with E-state index >= 15 is 0 Å². The van der Waals surface area contributed by atoms with Gasteiger partial charge in [-0.15, -0.1) is 0 Å². The summed E-state index contributed by atoms with van der Waals surface area (Å²) in [6, 6.07) is 7.60. The Bertz CT molecular complexity index is 545. The Hall–Kier alpha value is -1.96. The third-order valence-corrected chi connectivity index (χ3v) is 3.86. The Morgan fingerprint density at radius 2 is 2.04 bits per heavy atom. The van der Waals surface area contributed by atoms with Crippen LogP contribution in [0.25, 0.3) is 0 Å². The summed E-state index contributed by atoms with van der Waals surface area (Å²) in [7, 11) is 3.26. The molecule has 134 valence electrons. The lowest BCUT2D eigenvalue weighted by Gasteiger charge is -2.19. The van der Waals surface area contributed by atoms with Crippen LogP contribution in [0.3, 0.4) is 0 Å². The highest BCUT2D eigenvalue weighted by Gasteiger charge is 2.34. The molecule has 1 saturated heterocycles. The summed E-state index contributed by atoms with van der Waals surface area (Å²) in [5.41, 5.74) is 1.06. The maximum atomic E-state index is 12.4. The first kappa shape index (κ1) is 18.4. The second kappa shape index (κ2) is 8.23. The number of methoxy groups -OCH3 is 1. The third-order valence-electron chi connectivity index (χ3n) is 3.86. The Labute approximate surface area is 139 Å². The highest BCUT2D eigenvalue weighted by atomic mass is 19.4. The Morgan fingerprint density at radius 3 is 2.62 bits per heavy atom. The summed E-state index contributed by atoms with van der Waals surface area (Å²) in [4.78, 5) is 5.54. The molecule has 1 atom stereocenters. The van der Waals surface area contributed by atoms with Gasteiger partial charge in [0.25, 0.3) is 0 Å². The molecule has 8 heteroatoms. The smallest absolute Gasteiger partial charge is 0.401 e. The van der Waals surface area contributed by atoms with Crippen molar-refractivity contribution in [1.29, 1.82) is 0 Å². The molecule has 24 heavy (non-hydrogen) atoms. The number of aliphatic imine (C=N–C) groups is 1.